The van der Waals surface area contributed by atoms with Crippen LogP contribution in [-0.2, 0) is 14.8 Å². The van der Waals surface area contributed by atoms with E-state index in [9.17, 15) is 18.0 Å². The maximum Gasteiger partial charge on any atom is 0.319 e. The highest BCUT2D eigenvalue weighted by molar-refractivity contribution is 7.89. The lowest BCUT2D eigenvalue weighted by molar-refractivity contribution is -0.116. The fourth-order valence-electron chi connectivity index (χ4n) is 3.36. The summed E-state index contributed by atoms with van der Waals surface area (Å²) in [6, 6.07) is 13.4. The van der Waals surface area contributed by atoms with Gasteiger partial charge in [-0.05, 0) is 43.2 Å². The number of anilines is 2. The van der Waals surface area contributed by atoms with E-state index in [4.69, 9.17) is 0 Å². The molecule has 0 radical (unpaired) electrons. The number of urea groups is 1. The molecular formula is C21H23N5O4S2. The molecule has 3 aromatic rings. The first-order valence-corrected chi connectivity index (χ1v) is 12.5. The molecule has 0 unspecified atom stereocenters. The predicted octanol–water partition coefficient (Wildman–Crippen LogP) is 3.23. The molecule has 0 aliphatic carbocycles. The van der Waals surface area contributed by atoms with E-state index in [-0.39, 0.29) is 23.8 Å². The molecule has 3 N–H and O–H groups in total. The number of thiazole rings is 1. The second-order valence-corrected chi connectivity index (χ2v) is 10.3. The molecule has 0 atom stereocenters. The van der Waals surface area contributed by atoms with Crippen LogP contribution in [0, 0.1) is 0 Å². The van der Waals surface area contributed by atoms with Crippen LogP contribution in [0.5, 0.6) is 0 Å². The third-order valence-electron chi connectivity index (χ3n) is 4.98. The van der Waals surface area contributed by atoms with E-state index >= 15 is 0 Å². The van der Waals surface area contributed by atoms with Gasteiger partial charge in [0.15, 0.2) is 5.13 Å². The van der Waals surface area contributed by atoms with E-state index in [1.807, 2.05) is 18.2 Å². The number of hydrogen-bond donors (Lipinski definition) is 3. The molecule has 1 aliphatic rings. The Bertz CT molecular complexity index is 1220. The molecule has 11 heteroatoms. The number of para-hydroxylation sites is 1. The number of fused-ring (bicyclic) bond motifs is 1. The maximum absolute atomic E-state index is 12.8. The smallest absolute Gasteiger partial charge is 0.319 e. The molecule has 2 heterocycles. The van der Waals surface area contributed by atoms with E-state index < -0.39 is 16.1 Å². The number of aromatic nitrogens is 1. The van der Waals surface area contributed by atoms with Crippen LogP contribution < -0.4 is 16.0 Å². The van der Waals surface area contributed by atoms with Gasteiger partial charge in [-0.2, -0.15) is 4.31 Å². The summed E-state index contributed by atoms with van der Waals surface area (Å²) in [7, 11) is -3.51. The summed E-state index contributed by atoms with van der Waals surface area (Å²) >= 11 is 1.21. The van der Waals surface area contributed by atoms with Gasteiger partial charge in [0.2, 0.25) is 15.9 Å². The molecule has 1 aliphatic heterocycles. The van der Waals surface area contributed by atoms with Gasteiger partial charge in [0.1, 0.15) is 0 Å². The Morgan fingerprint density at radius 2 is 1.78 bits per heavy atom. The first-order chi connectivity index (χ1) is 15.4. The van der Waals surface area contributed by atoms with Crippen molar-refractivity contribution in [2.45, 2.75) is 24.2 Å². The van der Waals surface area contributed by atoms with E-state index in [1.165, 1.54) is 15.6 Å². The van der Waals surface area contributed by atoms with Gasteiger partial charge in [-0.25, -0.2) is 18.2 Å². The number of sulfonamides is 1. The van der Waals surface area contributed by atoms with Crippen molar-refractivity contribution in [3.63, 3.8) is 0 Å². The second-order valence-electron chi connectivity index (χ2n) is 7.30. The number of carbonyl (C=O) groups is 2. The van der Waals surface area contributed by atoms with E-state index in [1.54, 1.807) is 30.3 Å². The molecule has 0 bridgehead atoms. The van der Waals surface area contributed by atoms with Crippen molar-refractivity contribution >= 4 is 54.3 Å². The van der Waals surface area contributed by atoms with Crippen molar-refractivity contribution < 1.29 is 18.0 Å². The maximum atomic E-state index is 12.8. The van der Waals surface area contributed by atoms with Crippen molar-refractivity contribution in [2.24, 2.45) is 0 Å². The highest BCUT2D eigenvalue weighted by Gasteiger charge is 2.27. The number of benzene rings is 2. The molecule has 0 saturated carbocycles. The average Bonchev–Trinajstić information content (AvgIpc) is 3.44. The molecular weight excluding hydrogens is 450 g/mol. The number of rotatable bonds is 7. The molecule has 4 rings (SSSR count). The van der Waals surface area contributed by atoms with Crippen molar-refractivity contribution in [2.75, 3.05) is 30.3 Å². The Kier molecular flexibility index (Phi) is 6.68. The van der Waals surface area contributed by atoms with Gasteiger partial charge >= 0.3 is 6.03 Å². The molecule has 1 fully saturated rings. The zero-order chi connectivity index (χ0) is 22.6. The van der Waals surface area contributed by atoms with Crippen LogP contribution >= 0.6 is 11.3 Å². The molecule has 3 amide bonds. The minimum Gasteiger partial charge on any atom is -0.337 e. The zero-order valence-electron chi connectivity index (χ0n) is 17.2. The first kappa shape index (κ1) is 22.2. The third-order valence-corrected chi connectivity index (χ3v) is 7.81. The summed E-state index contributed by atoms with van der Waals surface area (Å²) in [6.45, 7) is 1.25. The third kappa shape index (κ3) is 5.23. The fourth-order valence-corrected chi connectivity index (χ4v) is 5.90. The number of carbonyl (C=O) groups excluding carboxylic acids is 2. The number of nitrogens with zero attached hydrogens (tertiary/aromatic N) is 2. The SMILES string of the molecule is O=C(CCNC(=O)Nc1ccccc1)Nc1nc2ccc(S(=O)(=O)N3CCCC3)cc2s1. The lowest BCUT2D eigenvalue weighted by Crippen LogP contribution is -2.31. The summed E-state index contributed by atoms with van der Waals surface area (Å²) < 4.78 is 27.7. The summed E-state index contributed by atoms with van der Waals surface area (Å²) in [5.74, 6) is -0.297. The fraction of sp³-hybridized carbons (Fsp3) is 0.286. The normalized spacial score (nSPS) is 14.4. The Morgan fingerprint density at radius 3 is 2.53 bits per heavy atom. The summed E-state index contributed by atoms with van der Waals surface area (Å²) in [4.78, 5) is 28.7. The quantitative estimate of drug-likeness (QED) is 0.487. The molecule has 168 valence electrons. The van der Waals surface area contributed by atoms with Crippen LogP contribution in [-0.4, -0.2) is 49.3 Å². The number of nitrogens with one attached hydrogen (secondary N) is 3. The van der Waals surface area contributed by atoms with Crippen LogP contribution in [0.4, 0.5) is 15.6 Å². The monoisotopic (exact) mass is 473 g/mol. The molecule has 0 spiro atoms. The minimum absolute atomic E-state index is 0.0761. The van der Waals surface area contributed by atoms with Crippen molar-refractivity contribution in [3.8, 4) is 0 Å². The van der Waals surface area contributed by atoms with Crippen LogP contribution in [0.15, 0.2) is 53.4 Å². The van der Waals surface area contributed by atoms with Gasteiger partial charge in [-0.3, -0.25) is 4.79 Å². The van der Waals surface area contributed by atoms with Crippen molar-refractivity contribution in [3.05, 3.63) is 48.5 Å². The lowest BCUT2D eigenvalue weighted by Gasteiger charge is -2.15. The Morgan fingerprint density at radius 1 is 1.03 bits per heavy atom. The first-order valence-electron chi connectivity index (χ1n) is 10.2. The van der Waals surface area contributed by atoms with E-state index in [0.717, 1.165) is 12.8 Å². The van der Waals surface area contributed by atoms with E-state index in [0.29, 0.717) is 34.1 Å². The van der Waals surface area contributed by atoms with E-state index in [2.05, 4.69) is 20.9 Å². The Hall–Kier alpha value is -3.02. The highest BCUT2D eigenvalue weighted by atomic mass is 32.2. The zero-order valence-corrected chi connectivity index (χ0v) is 18.8. The molecule has 1 aromatic heterocycles. The average molecular weight is 474 g/mol. The van der Waals surface area contributed by atoms with Gasteiger partial charge < -0.3 is 16.0 Å². The number of hydrogen-bond acceptors (Lipinski definition) is 6. The van der Waals surface area contributed by atoms with Gasteiger partial charge in [0.05, 0.1) is 15.1 Å². The largest absolute Gasteiger partial charge is 0.337 e. The molecule has 32 heavy (non-hydrogen) atoms. The van der Waals surface area contributed by atoms with Crippen LogP contribution in [0.1, 0.15) is 19.3 Å². The van der Waals surface area contributed by atoms with Crippen LogP contribution in [0.3, 0.4) is 0 Å². The lowest BCUT2D eigenvalue weighted by atomic mass is 10.3. The Balaban J connectivity index is 1.32. The number of amides is 3. The van der Waals surface area contributed by atoms with Gasteiger partial charge in [0.25, 0.3) is 0 Å². The van der Waals surface area contributed by atoms with Gasteiger partial charge in [-0.1, -0.05) is 29.5 Å². The summed E-state index contributed by atoms with van der Waals surface area (Å²) in [5.41, 5.74) is 1.28. The predicted molar refractivity (Wildman–Crippen MR) is 124 cm³/mol. The molecule has 2 aromatic carbocycles. The van der Waals surface area contributed by atoms with Crippen LogP contribution in [0.2, 0.25) is 0 Å². The van der Waals surface area contributed by atoms with Crippen molar-refractivity contribution in [1.82, 2.24) is 14.6 Å². The van der Waals surface area contributed by atoms with Gasteiger partial charge in [0, 0.05) is 31.7 Å². The topological polar surface area (TPSA) is 120 Å². The minimum atomic E-state index is -3.51. The summed E-state index contributed by atoms with van der Waals surface area (Å²) in [5, 5.41) is 8.39. The van der Waals surface area contributed by atoms with Crippen LogP contribution in [0.25, 0.3) is 10.2 Å². The molecule has 9 nitrogen and oxygen atoms in total. The summed E-state index contributed by atoms with van der Waals surface area (Å²) in [6.07, 6.45) is 1.83. The second kappa shape index (κ2) is 9.63. The van der Waals surface area contributed by atoms with Crippen molar-refractivity contribution in [1.29, 1.82) is 0 Å². The Labute approximate surface area is 189 Å². The standard InChI is InChI=1S/C21H23N5O4S2/c27-19(10-11-22-20(28)23-15-6-2-1-3-7-15)25-21-24-17-9-8-16(14-18(17)31-21)32(29,30)26-12-4-5-13-26/h1-3,6-9,14H,4-5,10-13H2,(H2,22,23,28)(H,24,25,27). The highest BCUT2D eigenvalue weighted by Crippen LogP contribution is 2.30. The van der Waals surface area contributed by atoms with Gasteiger partial charge in [-0.15, -0.1) is 0 Å². The molecule has 1 saturated heterocycles.